The summed E-state index contributed by atoms with van der Waals surface area (Å²) in [5, 5.41) is 5.99. The molecule has 0 spiro atoms. The molecule has 0 atom stereocenters. The fraction of sp³-hybridized carbons (Fsp3) is 0.0769. The molecule has 0 fully saturated rings. The number of halogens is 1. The molecular formula is C13H9ClN2O2. The Morgan fingerprint density at radius 2 is 1.89 bits per heavy atom. The topological polar surface area (TPSA) is 48.2 Å². The Morgan fingerprint density at radius 3 is 2.61 bits per heavy atom. The van der Waals surface area contributed by atoms with Crippen molar-refractivity contribution in [3.05, 3.63) is 41.7 Å². The van der Waals surface area contributed by atoms with Gasteiger partial charge in [0.25, 0.3) is 0 Å². The normalized spacial score (nSPS) is 10.8. The molecule has 0 aliphatic heterocycles. The Labute approximate surface area is 108 Å². The molecule has 0 radical (unpaired) electrons. The molecule has 0 unspecified atom stereocenters. The van der Waals surface area contributed by atoms with Crippen LogP contribution in [-0.2, 0) is 0 Å². The van der Waals surface area contributed by atoms with Crippen LogP contribution in [0.15, 0.2) is 40.9 Å². The van der Waals surface area contributed by atoms with E-state index in [-0.39, 0.29) is 5.35 Å². The van der Waals surface area contributed by atoms with E-state index in [0.29, 0.717) is 5.82 Å². The van der Waals surface area contributed by atoms with Gasteiger partial charge >= 0.3 is 5.35 Å². The van der Waals surface area contributed by atoms with Crippen LogP contribution >= 0.6 is 11.6 Å². The molecule has 4 nitrogen and oxygen atoms in total. The molecule has 0 aliphatic rings. The van der Waals surface area contributed by atoms with Gasteiger partial charge in [-0.2, -0.15) is 4.98 Å². The van der Waals surface area contributed by atoms with Gasteiger partial charge in [-0.3, -0.25) is 0 Å². The van der Waals surface area contributed by atoms with Crippen LogP contribution in [0.2, 0.25) is 5.35 Å². The number of methoxy groups -OCH3 is 1. The van der Waals surface area contributed by atoms with Crippen molar-refractivity contribution in [1.82, 2.24) is 10.1 Å². The van der Waals surface area contributed by atoms with Crippen molar-refractivity contribution in [3.63, 3.8) is 0 Å². The van der Waals surface area contributed by atoms with Gasteiger partial charge in [-0.25, -0.2) is 0 Å². The summed E-state index contributed by atoms with van der Waals surface area (Å²) in [6, 6.07) is 11.8. The van der Waals surface area contributed by atoms with Crippen LogP contribution in [-0.4, -0.2) is 17.3 Å². The SMILES string of the molecule is COc1ccc2cc(-c3noc(Cl)n3)ccc2c1. The van der Waals surface area contributed by atoms with E-state index < -0.39 is 0 Å². The number of aromatic nitrogens is 2. The summed E-state index contributed by atoms with van der Waals surface area (Å²) in [6.07, 6.45) is 0. The van der Waals surface area contributed by atoms with Crippen LogP contribution in [0, 0.1) is 0 Å². The van der Waals surface area contributed by atoms with Crippen LogP contribution < -0.4 is 4.74 Å². The van der Waals surface area contributed by atoms with Crippen molar-refractivity contribution in [3.8, 4) is 17.1 Å². The number of benzene rings is 2. The summed E-state index contributed by atoms with van der Waals surface area (Å²) >= 11 is 5.61. The van der Waals surface area contributed by atoms with Crippen LogP contribution in [0.25, 0.3) is 22.2 Å². The Morgan fingerprint density at radius 1 is 1.11 bits per heavy atom. The van der Waals surface area contributed by atoms with Gasteiger partial charge in [0.15, 0.2) is 0 Å². The number of hydrogen-bond acceptors (Lipinski definition) is 4. The van der Waals surface area contributed by atoms with Crippen molar-refractivity contribution >= 4 is 22.4 Å². The molecular weight excluding hydrogens is 252 g/mol. The van der Waals surface area contributed by atoms with Gasteiger partial charge in [0, 0.05) is 5.56 Å². The van der Waals surface area contributed by atoms with Gasteiger partial charge in [0.05, 0.1) is 7.11 Å². The van der Waals surface area contributed by atoms with Crippen LogP contribution in [0.5, 0.6) is 5.75 Å². The smallest absolute Gasteiger partial charge is 0.320 e. The maximum atomic E-state index is 5.61. The fourth-order valence-corrected chi connectivity index (χ4v) is 1.93. The molecule has 0 amide bonds. The summed E-state index contributed by atoms with van der Waals surface area (Å²) in [5.74, 6) is 1.32. The third-order valence-corrected chi connectivity index (χ3v) is 2.86. The van der Waals surface area contributed by atoms with Crippen LogP contribution in [0.4, 0.5) is 0 Å². The van der Waals surface area contributed by atoms with Gasteiger partial charge in [-0.15, -0.1) is 0 Å². The first-order valence-corrected chi connectivity index (χ1v) is 5.71. The Kier molecular flexibility index (Phi) is 2.64. The van der Waals surface area contributed by atoms with E-state index in [2.05, 4.69) is 10.1 Å². The highest BCUT2D eigenvalue weighted by Gasteiger charge is 2.07. The van der Waals surface area contributed by atoms with E-state index in [1.165, 1.54) is 0 Å². The molecule has 3 rings (SSSR count). The van der Waals surface area contributed by atoms with Crippen LogP contribution in [0.1, 0.15) is 0 Å². The average molecular weight is 261 g/mol. The molecule has 0 aliphatic carbocycles. The van der Waals surface area contributed by atoms with Gasteiger partial charge in [0.2, 0.25) is 5.82 Å². The Hall–Kier alpha value is -2.07. The minimum Gasteiger partial charge on any atom is -0.497 e. The molecule has 2 aromatic carbocycles. The highest BCUT2D eigenvalue weighted by Crippen LogP contribution is 2.26. The highest BCUT2D eigenvalue weighted by atomic mass is 35.5. The van der Waals surface area contributed by atoms with Gasteiger partial charge < -0.3 is 9.26 Å². The number of hydrogen-bond donors (Lipinski definition) is 0. The molecule has 0 bridgehead atoms. The predicted molar refractivity (Wildman–Crippen MR) is 68.8 cm³/mol. The van der Waals surface area contributed by atoms with E-state index in [1.807, 2.05) is 36.4 Å². The first-order chi connectivity index (χ1) is 8.76. The first-order valence-electron chi connectivity index (χ1n) is 5.33. The lowest BCUT2D eigenvalue weighted by atomic mass is 10.1. The maximum absolute atomic E-state index is 5.61. The van der Waals surface area contributed by atoms with Gasteiger partial charge in [0.1, 0.15) is 5.75 Å². The van der Waals surface area contributed by atoms with E-state index >= 15 is 0 Å². The van der Waals surface area contributed by atoms with Crippen molar-refractivity contribution in [2.45, 2.75) is 0 Å². The van der Waals surface area contributed by atoms with Crippen LogP contribution in [0.3, 0.4) is 0 Å². The molecule has 5 heteroatoms. The fourth-order valence-electron chi connectivity index (χ4n) is 1.81. The highest BCUT2D eigenvalue weighted by molar-refractivity contribution is 6.27. The lowest BCUT2D eigenvalue weighted by molar-refractivity contribution is 0.415. The standard InChI is InChI=1S/C13H9ClN2O2/c1-17-11-5-4-8-6-10(3-2-9(8)7-11)12-15-13(14)18-16-12/h2-7H,1H3. The summed E-state index contributed by atoms with van der Waals surface area (Å²) < 4.78 is 9.94. The predicted octanol–water partition coefficient (Wildman–Crippen LogP) is 3.55. The summed E-state index contributed by atoms with van der Waals surface area (Å²) in [6.45, 7) is 0. The van der Waals surface area contributed by atoms with Gasteiger partial charge in [-0.05, 0) is 40.6 Å². The monoisotopic (exact) mass is 260 g/mol. The third-order valence-electron chi connectivity index (χ3n) is 2.71. The summed E-state index contributed by atoms with van der Waals surface area (Å²) in [4.78, 5) is 3.98. The largest absolute Gasteiger partial charge is 0.497 e. The third kappa shape index (κ3) is 1.91. The summed E-state index contributed by atoms with van der Waals surface area (Å²) in [5.41, 5.74) is 0.864. The molecule has 90 valence electrons. The molecule has 1 heterocycles. The second-order valence-electron chi connectivity index (χ2n) is 3.80. The zero-order chi connectivity index (χ0) is 12.5. The molecule has 0 saturated heterocycles. The molecule has 0 saturated carbocycles. The van der Waals surface area contributed by atoms with E-state index in [0.717, 1.165) is 22.1 Å². The zero-order valence-corrected chi connectivity index (χ0v) is 10.3. The minimum atomic E-state index is 0.0415. The lowest BCUT2D eigenvalue weighted by Crippen LogP contribution is -1.84. The molecule has 0 N–H and O–H groups in total. The van der Waals surface area contributed by atoms with Gasteiger partial charge in [-0.1, -0.05) is 23.4 Å². The van der Waals surface area contributed by atoms with Crippen molar-refractivity contribution < 1.29 is 9.26 Å². The van der Waals surface area contributed by atoms with E-state index in [9.17, 15) is 0 Å². The Bertz CT molecular complexity index is 709. The van der Waals surface area contributed by atoms with Crippen molar-refractivity contribution in [1.29, 1.82) is 0 Å². The molecule has 18 heavy (non-hydrogen) atoms. The maximum Gasteiger partial charge on any atom is 0.320 e. The lowest BCUT2D eigenvalue weighted by Gasteiger charge is -2.03. The van der Waals surface area contributed by atoms with Crippen molar-refractivity contribution in [2.24, 2.45) is 0 Å². The first kappa shape index (κ1) is 11.0. The quantitative estimate of drug-likeness (QED) is 0.707. The molecule has 1 aromatic heterocycles. The van der Waals surface area contributed by atoms with Crippen molar-refractivity contribution in [2.75, 3.05) is 7.11 Å². The minimum absolute atomic E-state index is 0.0415. The number of rotatable bonds is 2. The number of ether oxygens (including phenoxy) is 1. The zero-order valence-electron chi connectivity index (χ0n) is 9.55. The second-order valence-corrected chi connectivity index (χ2v) is 4.12. The number of nitrogens with zero attached hydrogens (tertiary/aromatic N) is 2. The number of fused-ring (bicyclic) bond motifs is 1. The van der Waals surface area contributed by atoms with E-state index in [4.69, 9.17) is 20.9 Å². The van der Waals surface area contributed by atoms with E-state index in [1.54, 1.807) is 7.11 Å². The molecule has 3 aromatic rings. The second kappa shape index (κ2) is 4.31. The average Bonchev–Trinajstić information content (AvgIpc) is 2.84. The summed E-state index contributed by atoms with van der Waals surface area (Å²) in [7, 11) is 1.65. The Balaban J connectivity index is 2.11.